The number of carbonyl (C=O) groups is 2. The van der Waals surface area contributed by atoms with E-state index < -0.39 is 6.04 Å². The van der Waals surface area contributed by atoms with Gasteiger partial charge in [0.1, 0.15) is 0 Å². The van der Waals surface area contributed by atoms with Crippen molar-refractivity contribution >= 4 is 50.9 Å². The molecule has 0 saturated carbocycles. The number of halogens is 1. The lowest BCUT2D eigenvalue weighted by atomic mass is 9.94. The molecule has 2 atom stereocenters. The smallest absolute Gasteiger partial charge is 0.257 e. The van der Waals surface area contributed by atoms with Gasteiger partial charge in [0.2, 0.25) is 0 Å². The molecule has 1 unspecified atom stereocenters. The maximum Gasteiger partial charge on any atom is 0.257 e. The summed E-state index contributed by atoms with van der Waals surface area (Å²) < 4.78 is 0. The zero-order chi connectivity index (χ0) is 22.9. The van der Waals surface area contributed by atoms with Crippen molar-refractivity contribution in [1.29, 1.82) is 0 Å². The molecule has 5 rings (SSSR count). The highest BCUT2D eigenvalue weighted by Gasteiger charge is 2.31. The SMILES string of the molecule is C[C@@H]1NC(C(=O)NNC(=O)CNc2ccnc3cc(Cl)ccc23)Cc2c1[nH]c1ccccc21. The molecule has 8 nitrogen and oxygen atoms in total. The number of nitrogens with zero attached hydrogens (tertiary/aromatic N) is 1. The Morgan fingerprint density at radius 2 is 1.97 bits per heavy atom. The summed E-state index contributed by atoms with van der Waals surface area (Å²) >= 11 is 6.02. The van der Waals surface area contributed by atoms with Crippen LogP contribution in [0.1, 0.15) is 24.2 Å². The maximum atomic E-state index is 12.8. The molecule has 33 heavy (non-hydrogen) atoms. The fourth-order valence-corrected chi connectivity index (χ4v) is 4.51. The van der Waals surface area contributed by atoms with Crippen molar-refractivity contribution in [3.63, 3.8) is 0 Å². The fourth-order valence-electron chi connectivity index (χ4n) is 4.34. The van der Waals surface area contributed by atoms with Crippen molar-refractivity contribution < 1.29 is 9.59 Å². The third kappa shape index (κ3) is 4.22. The molecule has 168 valence electrons. The van der Waals surface area contributed by atoms with Gasteiger partial charge in [-0.15, -0.1) is 0 Å². The number of carbonyl (C=O) groups excluding carboxylic acids is 2. The number of rotatable bonds is 4. The van der Waals surface area contributed by atoms with E-state index in [1.54, 1.807) is 24.4 Å². The van der Waals surface area contributed by atoms with E-state index in [-0.39, 0.29) is 24.4 Å². The quantitative estimate of drug-likeness (QED) is 0.299. The minimum Gasteiger partial charge on any atom is -0.376 e. The predicted octanol–water partition coefficient (Wildman–Crippen LogP) is 3.20. The molecule has 0 radical (unpaired) electrons. The van der Waals surface area contributed by atoms with Crippen LogP contribution in [0, 0.1) is 0 Å². The van der Waals surface area contributed by atoms with E-state index in [1.807, 2.05) is 31.2 Å². The Labute approximate surface area is 195 Å². The van der Waals surface area contributed by atoms with Crippen molar-refractivity contribution in [3.8, 4) is 0 Å². The van der Waals surface area contributed by atoms with E-state index in [1.165, 1.54) is 0 Å². The third-order valence-electron chi connectivity index (χ3n) is 5.92. The lowest BCUT2D eigenvalue weighted by molar-refractivity contribution is -0.129. The molecule has 1 aliphatic heterocycles. The Morgan fingerprint density at radius 3 is 2.85 bits per heavy atom. The third-order valence-corrected chi connectivity index (χ3v) is 6.16. The van der Waals surface area contributed by atoms with Crippen molar-refractivity contribution in [2.45, 2.75) is 25.4 Å². The molecule has 0 bridgehead atoms. The molecule has 0 saturated heterocycles. The van der Waals surface area contributed by atoms with E-state index in [0.717, 1.165) is 38.8 Å². The monoisotopic (exact) mass is 462 g/mol. The van der Waals surface area contributed by atoms with Crippen LogP contribution >= 0.6 is 11.6 Å². The summed E-state index contributed by atoms with van der Waals surface area (Å²) in [5.41, 5.74) is 9.81. The van der Waals surface area contributed by atoms with Crippen LogP contribution in [0.5, 0.6) is 0 Å². The number of aromatic nitrogens is 2. The van der Waals surface area contributed by atoms with Crippen LogP contribution in [0.15, 0.2) is 54.7 Å². The van der Waals surface area contributed by atoms with Crippen molar-refractivity contribution in [2.75, 3.05) is 11.9 Å². The Balaban J connectivity index is 1.19. The van der Waals surface area contributed by atoms with Gasteiger partial charge in [-0.05, 0) is 49.2 Å². The van der Waals surface area contributed by atoms with Crippen LogP contribution in [0.25, 0.3) is 21.8 Å². The van der Waals surface area contributed by atoms with Gasteiger partial charge >= 0.3 is 0 Å². The zero-order valence-corrected chi connectivity index (χ0v) is 18.7. The Hall–Kier alpha value is -3.62. The van der Waals surface area contributed by atoms with Gasteiger partial charge < -0.3 is 10.3 Å². The lowest BCUT2D eigenvalue weighted by Crippen LogP contribution is -2.54. The second kappa shape index (κ2) is 8.73. The summed E-state index contributed by atoms with van der Waals surface area (Å²) in [6, 6.07) is 14.8. The highest BCUT2D eigenvalue weighted by atomic mass is 35.5. The predicted molar refractivity (Wildman–Crippen MR) is 129 cm³/mol. The van der Waals surface area contributed by atoms with Gasteiger partial charge in [0.05, 0.1) is 18.1 Å². The van der Waals surface area contributed by atoms with Gasteiger partial charge in [0.15, 0.2) is 0 Å². The normalized spacial score (nSPS) is 17.5. The summed E-state index contributed by atoms with van der Waals surface area (Å²) in [6.07, 6.45) is 2.19. The number of fused-ring (bicyclic) bond motifs is 4. The second-order valence-electron chi connectivity index (χ2n) is 8.12. The standard InChI is InChI=1S/C24H23ClN6O2/c1-13-23-17(15-4-2-3-5-19(15)29-23)11-21(28-13)24(33)31-30-22(32)12-27-18-8-9-26-20-10-14(25)6-7-16(18)20/h2-10,13,21,28-29H,11-12H2,1H3,(H,26,27)(H,30,32)(H,31,33)/t13-,21?/m0/s1. The molecule has 2 amide bonds. The molecule has 2 aromatic heterocycles. The molecule has 0 spiro atoms. The number of aromatic amines is 1. The first-order valence-electron chi connectivity index (χ1n) is 10.7. The van der Waals surface area contributed by atoms with Crippen LogP contribution in [0.4, 0.5) is 5.69 Å². The summed E-state index contributed by atoms with van der Waals surface area (Å²) in [6.45, 7) is 2.01. The van der Waals surface area contributed by atoms with Crippen LogP contribution < -0.4 is 21.5 Å². The number of hydrazine groups is 1. The Morgan fingerprint density at radius 1 is 1.12 bits per heavy atom. The molecular formula is C24H23ClN6O2. The van der Waals surface area contributed by atoms with Crippen molar-refractivity contribution in [3.05, 3.63) is 71.0 Å². The molecule has 3 heterocycles. The number of benzene rings is 2. The molecule has 0 aliphatic carbocycles. The van der Waals surface area contributed by atoms with E-state index in [2.05, 4.69) is 37.5 Å². The number of hydrogen-bond donors (Lipinski definition) is 5. The van der Waals surface area contributed by atoms with Gasteiger partial charge in [-0.2, -0.15) is 0 Å². The number of para-hydroxylation sites is 1. The fraction of sp³-hybridized carbons (Fsp3) is 0.208. The number of amides is 2. The highest BCUT2D eigenvalue weighted by molar-refractivity contribution is 6.31. The number of pyridine rings is 1. The first kappa shape index (κ1) is 21.2. The minimum absolute atomic E-state index is 0.0108. The molecule has 2 aromatic carbocycles. The van der Waals surface area contributed by atoms with Crippen LogP contribution in [0.2, 0.25) is 5.02 Å². The van der Waals surface area contributed by atoms with E-state index >= 15 is 0 Å². The lowest BCUT2D eigenvalue weighted by Gasteiger charge is -2.28. The van der Waals surface area contributed by atoms with Crippen LogP contribution in [0.3, 0.4) is 0 Å². The largest absolute Gasteiger partial charge is 0.376 e. The first-order valence-corrected chi connectivity index (χ1v) is 11.1. The molecule has 5 N–H and O–H groups in total. The average molecular weight is 463 g/mol. The summed E-state index contributed by atoms with van der Waals surface area (Å²) in [4.78, 5) is 32.8. The average Bonchev–Trinajstić information content (AvgIpc) is 3.20. The highest BCUT2D eigenvalue weighted by Crippen LogP contribution is 2.31. The zero-order valence-electron chi connectivity index (χ0n) is 17.9. The van der Waals surface area contributed by atoms with Crippen molar-refractivity contribution in [1.82, 2.24) is 26.1 Å². The van der Waals surface area contributed by atoms with Gasteiger partial charge in [-0.1, -0.05) is 29.8 Å². The first-order chi connectivity index (χ1) is 16.0. The molecule has 1 aliphatic rings. The summed E-state index contributed by atoms with van der Waals surface area (Å²) in [5.74, 6) is -0.644. The number of anilines is 1. The molecule has 0 fully saturated rings. The summed E-state index contributed by atoms with van der Waals surface area (Å²) in [7, 11) is 0. The molecular weight excluding hydrogens is 440 g/mol. The van der Waals surface area contributed by atoms with E-state index in [0.29, 0.717) is 11.4 Å². The van der Waals surface area contributed by atoms with Crippen LogP contribution in [-0.2, 0) is 16.0 Å². The van der Waals surface area contributed by atoms with Gasteiger partial charge in [0.25, 0.3) is 11.8 Å². The molecule has 4 aromatic rings. The second-order valence-corrected chi connectivity index (χ2v) is 8.56. The molecule has 9 heteroatoms. The van der Waals surface area contributed by atoms with E-state index in [9.17, 15) is 9.59 Å². The van der Waals surface area contributed by atoms with Crippen LogP contribution in [-0.4, -0.2) is 34.4 Å². The van der Waals surface area contributed by atoms with Gasteiger partial charge in [0, 0.05) is 44.9 Å². The Bertz CT molecular complexity index is 1370. The van der Waals surface area contributed by atoms with E-state index in [4.69, 9.17) is 11.6 Å². The number of H-pyrrole nitrogens is 1. The van der Waals surface area contributed by atoms with Crippen molar-refractivity contribution in [2.24, 2.45) is 0 Å². The summed E-state index contributed by atoms with van der Waals surface area (Å²) in [5, 5.41) is 8.97. The van der Waals surface area contributed by atoms with Gasteiger partial charge in [-0.3, -0.25) is 30.7 Å². The minimum atomic E-state index is -0.450. The Kier molecular flexibility index (Phi) is 5.62. The topological polar surface area (TPSA) is 111 Å². The van der Waals surface area contributed by atoms with Gasteiger partial charge in [-0.25, -0.2) is 0 Å². The maximum absolute atomic E-state index is 12.8. The number of hydrogen-bond acceptors (Lipinski definition) is 5. The number of nitrogens with one attached hydrogen (secondary N) is 5.